The van der Waals surface area contributed by atoms with E-state index >= 15 is 0 Å². The van der Waals surface area contributed by atoms with Crippen LogP contribution in [0.3, 0.4) is 0 Å². The Bertz CT molecular complexity index is 259. The molecular weight excluding hydrogens is 204 g/mol. The Morgan fingerprint density at radius 2 is 2.27 bits per heavy atom. The summed E-state index contributed by atoms with van der Waals surface area (Å²) in [7, 11) is 4.24. The minimum absolute atomic E-state index is 0.517. The second-order valence-electron chi connectivity index (χ2n) is 3.98. The molecule has 0 bridgehead atoms. The minimum Gasteiger partial charge on any atom is -0.318 e. The highest BCUT2D eigenvalue weighted by atomic mass is 32.1. The molecule has 0 saturated heterocycles. The summed E-state index contributed by atoms with van der Waals surface area (Å²) in [5.74, 6) is 0. The van der Waals surface area contributed by atoms with Crippen LogP contribution in [0.5, 0.6) is 0 Å². The van der Waals surface area contributed by atoms with Gasteiger partial charge in [0.05, 0.1) is 0 Å². The van der Waals surface area contributed by atoms with Crippen LogP contribution in [-0.4, -0.2) is 31.6 Å². The van der Waals surface area contributed by atoms with Crippen LogP contribution in [0.15, 0.2) is 17.5 Å². The van der Waals surface area contributed by atoms with Crippen molar-refractivity contribution in [3.8, 4) is 0 Å². The lowest BCUT2D eigenvalue weighted by molar-refractivity contribution is 0.180. The van der Waals surface area contributed by atoms with E-state index in [4.69, 9.17) is 0 Å². The SMILES string of the molecule is CCC(CNC)N(C)C(C)c1cccs1. The lowest BCUT2D eigenvalue weighted by Crippen LogP contribution is -2.39. The summed E-state index contributed by atoms with van der Waals surface area (Å²) < 4.78 is 0. The maximum absolute atomic E-state index is 3.26. The zero-order valence-corrected chi connectivity index (χ0v) is 11.0. The largest absolute Gasteiger partial charge is 0.318 e. The third kappa shape index (κ3) is 3.30. The third-order valence-corrected chi connectivity index (χ3v) is 4.10. The maximum Gasteiger partial charge on any atom is 0.0413 e. The van der Waals surface area contributed by atoms with Gasteiger partial charge in [0.2, 0.25) is 0 Å². The quantitative estimate of drug-likeness (QED) is 0.802. The van der Waals surface area contributed by atoms with Crippen molar-refractivity contribution >= 4 is 11.3 Å². The lowest BCUT2D eigenvalue weighted by atomic mass is 10.1. The summed E-state index contributed by atoms with van der Waals surface area (Å²) in [6.45, 7) is 5.59. The maximum atomic E-state index is 3.26. The zero-order chi connectivity index (χ0) is 11.3. The molecule has 1 aromatic heterocycles. The van der Waals surface area contributed by atoms with Gasteiger partial charge < -0.3 is 5.32 Å². The van der Waals surface area contributed by atoms with Gasteiger partial charge in [0.1, 0.15) is 0 Å². The van der Waals surface area contributed by atoms with Gasteiger partial charge >= 0.3 is 0 Å². The lowest BCUT2D eigenvalue weighted by Gasteiger charge is -2.32. The van der Waals surface area contributed by atoms with Crippen molar-refractivity contribution in [2.75, 3.05) is 20.6 Å². The Kier molecular flexibility index (Phi) is 5.29. The van der Waals surface area contributed by atoms with Crippen molar-refractivity contribution in [1.29, 1.82) is 0 Å². The monoisotopic (exact) mass is 226 g/mol. The first-order valence-electron chi connectivity index (χ1n) is 5.60. The predicted molar refractivity (Wildman–Crippen MR) is 68.5 cm³/mol. The first kappa shape index (κ1) is 12.7. The van der Waals surface area contributed by atoms with Gasteiger partial charge in [-0.2, -0.15) is 0 Å². The number of likely N-dealkylation sites (N-methyl/N-ethyl adjacent to an activating group) is 2. The molecule has 0 radical (unpaired) electrons. The van der Waals surface area contributed by atoms with Crippen molar-refractivity contribution in [3.05, 3.63) is 22.4 Å². The molecule has 3 heteroatoms. The molecule has 1 aromatic rings. The van der Waals surface area contributed by atoms with Crippen LogP contribution in [0.2, 0.25) is 0 Å². The molecular formula is C12H22N2S. The van der Waals surface area contributed by atoms with E-state index in [-0.39, 0.29) is 0 Å². The Morgan fingerprint density at radius 3 is 2.73 bits per heavy atom. The highest BCUT2D eigenvalue weighted by molar-refractivity contribution is 7.10. The highest BCUT2D eigenvalue weighted by Gasteiger charge is 2.19. The van der Waals surface area contributed by atoms with Crippen LogP contribution in [-0.2, 0) is 0 Å². The number of hydrogen-bond acceptors (Lipinski definition) is 3. The fraction of sp³-hybridized carbons (Fsp3) is 0.667. The van der Waals surface area contributed by atoms with Gasteiger partial charge in [-0.15, -0.1) is 11.3 Å². The normalized spacial score (nSPS) is 15.5. The predicted octanol–water partition coefficient (Wildman–Crippen LogP) is 2.74. The number of rotatable bonds is 6. The van der Waals surface area contributed by atoms with Crippen molar-refractivity contribution in [1.82, 2.24) is 10.2 Å². The fourth-order valence-electron chi connectivity index (χ4n) is 1.86. The van der Waals surface area contributed by atoms with E-state index in [0.29, 0.717) is 12.1 Å². The molecule has 2 atom stereocenters. The van der Waals surface area contributed by atoms with Gasteiger partial charge in [0.25, 0.3) is 0 Å². The number of hydrogen-bond donors (Lipinski definition) is 1. The van der Waals surface area contributed by atoms with E-state index in [1.807, 2.05) is 18.4 Å². The number of nitrogens with one attached hydrogen (secondary N) is 1. The zero-order valence-electron chi connectivity index (χ0n) is 10.2. The summed E-state index contributed by atoms with van der Waals surface area (Å²) in [6.07, 6.45) is 1.19. The van der Waals surface area contributed by atoms with Crippen molar-refractivity contribution in [3.63, 3.8) is 0 Å². The second kappa shape index (κ2) is 6.26. The molecule has 0 amide bonds. The first-order chi connectivity index (χ1) is 7.20. The topological polar surface area (TPSA) is 15.3 Å². The van der Waals surface area contributed by atoms with Crippen molar-refractivity contribution in [2.24, 2.45) is 0 Å². The molecule has 0 fully saturated rings. The molecule has 86 valence electrons. The molecule has 1 rings (SSSR count). The Balaban J connectivity index is 2.61. The summed E-state index contributed by atoms with van der Waals surface area (Å²) in [5.41, 5.74) is 0. The van der Waals surface area contributed by atoms with Gasteiger partial charge in [0.15, 0.2) is 0 Å². The van der Waals surface area contributed by atoms with E-state index in [0.717, 1.165) is 6.54 Å². The molecule has 0 spiro atoms. The van der Waals surface area contributed by atoms with Crippen LogP contribution in [0.1, 0.15) is 31.2 Å². The highest BCUT2D eigenvalue weighted by Crippen LogP contribution is 2.25. The molecule has 0 aliphatic carbocycles. The standard InChI is InChI=1S/C12H22N2S/c1-5-11(9-13-3)14(4)10(2)12-7-6-8-15-12/h6-8,10-11,13H,5,9H2,1-4H3. The summed E-state index contributed by atoms with van der Waals surface area (Å²) in [6, 6.07) is 5.48. The molecule has 15 heavy (non-hydrogen) atoms. The molecule has 1 heterocycles. The van der Waals surface area contributed by atoms with Crippen molar-refractivity contribution < 1.29 is 0 Å². The molecule has 0 aromatic carbocycles. The molecule has 1 N–H and O–H groups in total. The summed E-state index contributed by atoms with van der Waals surface area (Å²) in [5, 5.41) is 5.41. The van der Waals surface area contributed by atoms with E-state index in [1.54, 1.807) is 0 Å². The van der Waals surface area contributed by atoms with Crippen LogP contribution >= 0.6 is 11.3 Å². The Labute approximate surface area is 97.3 Å². The summed E-state index contributed by atoms with van der Waals surface area (Å²) in [4.78, 5) is 3.91. The third-order valence-electron chi connectivity index (χ3n) is 3.05. The van der Waals surface area contributed by atoms with E-state index in [2.05, 4.69) is 48.6 Å². The Hall–Kier alpha value is -0.380. The smallest absolute Gasteiger partial charge is 0.0413 e. The van der Waals surface area contributed by atoms with Gasteiger partial charge in [-0.25, -0.2) is 0 Å². The second-order valence-corrected chi connectivity index (χ2v) is 4.96. The Morgan fingerprint density at radius 1 is 1.53 bits per heavy atom. The van der Waals surface area contributed by atoms with Crippen molar-refractivity contribution in [2.45, 2.75) is 32.4 Å². The minimum atomic E-state index is 0.517. The molecule has 2 unspecified atom stereocenters. The van der Waals surface area contributed by atoms with Gasteiger partial charge in [0, 0.05) is 23.5 Å². The molecule has 2 nitrogen and oxygen atoms in total. The number of thiophene rings is 1. The van der Waals surface area contributed by atoms with Crippen LogP contribution in [0.4, 0.5) is 0 Å². The fourth-order valence-corrected chi connectivity index (χ4v) is 2.69. The average Bonchev–Trinajstić information content (AvgIpc) is 2.77. The number of nitrogens with zero attached hydrogens (tertiary/aromatic N) is 1. The molecule has 0 aliphatic heterocycles. The van der Waals surface area contributed by atoms with Crippen LogP contribution < -0.4 is 5.32 Å². The van der Waals surface area contributed by atoms with E-state index in [9.17, 15) is 0 Å². The first-order valence-corrected chi connectivity index (χ1v) is 6.48. The van der Waals surface area contributed by atoms with Crippen LogP contribution in [0.25, 0.3) is 0 Å². The molecule has 0 saturated carbocycles. The van der Waals surface area contributed by atoms with E-state index < -0.39 is 0 Å². The van der Waals surface area contributed by atoms with E-state index in [1.165, 1.54) is 11.3 Å². The molecule has 0 aliphatic rings. The average molecular weight is 226 g/mol. The van der Waals surface area contributed by atoms with Crippen LogP contribution in [0, 0.1) is 0 Å². The summed E-state index contributed by atoms with van der Waals surface area (Å²) >= 11 is 1.84. The van der Waals surface area contributed by atoms with Gasteiger partial charge in [-0.1, -0.05) is 13.0 Å². The van der Waals surface area contributed by atoms with Gasteiger partial charge in [-0.3, -0.25) is 4.90 Å². The van der Waals surface area contributed by atoms with Gasteiger partial charge in [-0.05, 0) is 38.9 Å².